The Bertz CT molecular complexity index is 1140. The minimum Gasteiger partial charge on any atom is -0.333 e. The van der Waals surface area contributed by atoms with E-state index < -0.39 is 0 Å². The third kappa shape index (κ3) is 6.22. The molecule has 1 aromatic heterocycles. The van der Waals surface area contributed by atoms with Gasteiger partial charge in [-0.15, -0.1) is 10.2 Å². The number of hydrogen-bond acceptors (Lipinski definition) is 5. The molecule has 2 amide bonds. The van der Waals surface area contributed by atoms with Crippen molar-refractivity contribution in [3.05, 3.63) is 65.0 Å². The van der Waals surface area contributed by atoms with Crippen LogP contribution in [0.3, 0.4) is 0 Å². The molecule has 8 heteroatoms. The van der Waals surface area contributed by atoms with Crippen molar-refractivity contribution >= 4 is 29.3 Å². The molecule has 0 spiro atoms. The van der Waals surface area contributed by atoms with Gasteiger partial charge in [-0.3, -0.25) is 14.2 Å². The zero-order valence-electron chi connectivity index (χ0n) is 19.9. The molecule has 2 aromatic carbocycles. The number of nitrogens with zero attached hydrogens (tertiary/aromatic N) is 4. The summed E-state index contributed by atoms with van der Waals surface area (Å²) in [6.45, 7) is 10.5. The van der Waals surface area contributed by atoms with Crippen LogP contribution in [0.4, 0.5) is 5.69 Å². The van der Waals surface area contributed by atoms with Crippen molar-refractivity contribution < 1.29 is 9.59 Å². The average molecular weight is 466 g/mol. The van der Waals surface area contributed by atoms with Gasteiger partial charge < -0.3 is 10.2 Å². The van der Waals surface area contributed by atoms with Gasteiger partial charge in [0, 0.05) is 12.2 Å². The largest absolute Gasteiger partial charge is 0.333 e. The summed E-state index contributed by atoms with van der Waals surface area (Å²) in [4.78, 5) is 27.2. The van der Waals surface area contributed by atoms with Crippen molar-refractivity contribution in [2.75, 3.05) is 24.2 Å². The van der Waals surface area contributed by atoms with Crippen molar-refractivity contribution in [1.82, 2.24) is 19.7 Å². The number of carbonyl (C=O) groups is 2. The fourth-order valence-electron chi connectivity index (χ4n) is 3.53. The van der Waals surface area contributed by atoms with Gasteiger partial charge in [-0.1, -0.05) is 49.0 Å². The number of amides is 2. The maximum absolute atomic E-state index is 13.0. The molecule has 0 radical (unpaired) electrons. The van der Waals surface area contributed by atoms with Crippen LogP contribution in [0.25, 0.3) is 5.69 Å². The van der Waals surface area contributed by atoms with Crippen molar-refractivity contribution in [3.63, 3.8) is 0 Å². The molecule has 1 N–H and O–H groups in total. The van der Waals surface area contributed by atoms with Crippen LogP contribution in [0.5, 0.6) is 0 Å². The molecular formula is C25H31N5O2S. The second-order valence-electron chi connectivity index (χ2n) is 8.12. The van der Waals surface area contributed by atoms with E-state index in [0.29, 0.717) is 11.7 Å². The third-order valence-electron chi connectivity index (χ3n) is 5.33. The second-order valence-corrected chi connectivity index (χ2v) is 9.06. The highest BCUT2D eigenvalue weighted by atomic mass is 32.2. The third-order valence-corrected chi connectivity index (χ3v) is 6.24. The van der Waals surface area contributed by atoms with Gasteiger partial charge >= 0.3 is 0 Å². The summed E-state index contributed by atoms with van der Waals surface area (Å²) in [5.74, 6) is 0.641. The summed E-state index contributed by atoms with van der Waals surface area (Å²) in [7, 11) is 0. The van der Waals surface area contributed by atoms with Crippen LogP contribution in [-0.2, 0) is 9.59 Å². The number of aryl methyl sites for hydroxylation is 4. The Balaban J connectivity index is 1.69. The average Bonchev–Trinajstić information content (AvgIpc) is 3.15. The molecule has 0 saturated carbocycles. The molecule has 0 fully saturated rings. The lowest BCUT2D eigenvalue weighted by Crippen LogP contribution is -2.39. The molecular weight excluding hydrogens is 434 g/mol. The van der Waals surface area contributed by atoms with Crippen LogP contribution < -0.4 is 5.32 Å². The van der Waals surface area contributed by atoms with E-state index in [0.717, 1.165) is 40.3 Å². The van der Waals surface area contributed by atoms with Crippen LogP contribution >= 0.6 is 11.8 Å². The van der Waals surface area contributed by atoms with E-state index in [1.165, 1.54) is 11.8 Å². The molecule has 7 nitrogen and oxygen atoms in total. The van der Waals surface area contributed by atoms with E-state index >= 15 is 0 Å². The standard InChI is InChI=1S/C25H31N5O2S/c1-6-13-29(15-23(31)26-21-10-8-7-9-18(21)3)24(32)16-33-25-28-27-20(5)30(25)22-14-17(2)11-12-19(22)4/h7-12,14H,6,13,15-16H2,1-5H3,(H,26,31). The first-order valence-electron chi connectivity index (χ1n) is 11.1. The summed E-state index contributed by atoms with van der Waals surface area (Å²) < 4.78 is 1.98. The van der Waals surface area contributed by atoms with Crippen molar-refractivity contribution in [1.29, 1.82) is 0 Å². The minimum absolute atomic E-state index is 0.0181. The van der Waals surface area contributed by atoms with Crippen LogP contribution in [0.15, 0.2) is 47.6 Å². The molecule has 0 bridgehead atoms. The van der Waals surface area contributed by atoms with Crippen LogP contribution in [-0.4, -0.2) is 50.3 Å². The first-order chi connectivity index (χ1) is 15.8. The summed E-state index contributed by atoms with van der Waals surface area (Å²) in [5.41, 5.74) is 5.01. The number of benzene rings is 2. The van der Waals surface area contributed by atoms with Crippen molar-refractivity contribution in [3.8, 4) is 5.69 Å². The Hall–Kier alpha value is -3.13. The smallest absolute Gasteiger partial charge is 0.244 e. The van der Waals surface area contributed by atoms with Crippen LogP contribution in [0, 0.1) is 27.7 Å². The molecule has 0 aliphatic rings. The van der Waals surface area contributed by atoms with Gasteiger partial charge in [0.05, 0.1) is 18.0 Å². The van der Waals surface area contributed by atoms with E-state index in [1.807, 2.05) is 63.5 Å². The molecule has 174 valence electrons. The Morgan fingerprint density at radius 1 is 1.03 bits per heavy atom. The summed E-state index contributed by atoms with van der Waals surface area (Å²) in [5, 5.41) is 12.1. The van der Waals surface area contributed by atoms with Gasteiger partial charge in [0.25, 0.3) is 0 Å². The quantitative estimate of drug-likeness (QED) is 0.472. The first-order valence-corrected chi connectivity index (χ1v) is 12.0. The highest BCUT2D eigenvalue weighted by molar-refractivity contribution is 7.99. The highest BCUT2D eigenvalue weighted by Gasteiger charge is 2.20. The first kappa shape index (κ1) is 24.5. The Morgan fingerprint density at radius 3 is 2.52 bits per heavy atom. The monoisotopic (exact) mass is 465 g/mol. The van der Waals surface area contributed by atoms with E-state index in [2.05, 4.69) is 33.7 Å². The summed E-state index contributed by atoms with van der Waals surface area (Å²) in [6.07, 6.45) is 0.770. The topological polar surface area (TPSA) is 80.1 Å². The number of anilines is 1. The molecule has 0 aliphatic carbocycles. The van der Waals surface area contributed by atoms with E-state index in [4.69, 9.17) is 0 Å². The lowest BCUT2D eigenvalue weighted by atomic mass is 10.1. The second kappa shape index (κ2) is 11.1. The van der Waals surface area contributed by atoms with Crippen molar-refractivity contribution in [2.45, 2.75) is 46.2 Å². The number of hydrogen-bond donors (Lipinski definition) is 1. The number of nitrogens with one attached hydrogen (secondary N) is 1. The zero-order chi connectivity index (χ0) is 24.0. The normalized spacial score (nSPS) is 10.8. The number of rotatable bonds is 9. The molecule has 1 heterocycles. The van der Waals surface area contributed by atoms with E-state index in [9.17, 15) is 9.59 Å². The molecule has 0 atom stereocenters. The predicted molar refractivity (Wildman–Crippen MR) is 133 cm³/mol. The van der Waals surface area contributed by atoms with Crippen LogP contribution in [0.2, 0.25) is 0 Å². The number of thioether (sulfide) groups is 1. The lowest BCUT2D eigenvalue weighted by molar-refractivity contribution is -0.132. The van der Waals surface area contributed by atoms with Gasteiger partial charge in [0.1, 0.15) is 5.82 Å². The zero-order valence-corrected chi connectivity index (χ0v) is 20.7. The molecule has 33 heavy (non-hydrogen) atoms. The Kier molecular flexibility index (Phi) is 8.27. The molecule has 3 aromatic rings. The number of carbonyl (C=O) groups excluding carboxylic acids is 2. The number of para-hydroxylation sites is 1. The molecule has 0 saturated heterocycles. The van der Waals surface area contributed by atoms with Gasteiger partial charge in [-0.25, -0.2) is 0 Å². The maximum Gasteiger partial charge on any atom is 0.244 e. The molecule has 0 unspecified atom stereocenters. The number of aromatic nitrogens is 3. The highest BCUT2D eigenvalue weighted by Crippen LogP contribution is 2.25. The van der Waals surface area contributed by atoms with E-state index in [1.54, 1.807) is 4.90 Å². The molecule has 0 aliphatic heterocycles. The fourth-order valence-corrected chi connectivity index (χ4v) is 4.42. The van der Waals surface area contributed by atoms with Crippen molar-refractivity contribution in [2.24, 2.45) is 0 Å². The Morgan fingerprint density at radius 2 is 1.79 bits per heavy atom. The van der Waals surface area contributed by atoms with Gasteiger partial charge in [0.2, 0.25) is 11.8 Å². The van der Waals surface area contributed by atoms with Gasteiger partial charge in [-0.2, -0.15) is 0 Å². The summed E-state index contributed by atoms with van der Waals surface area (Å²) in [6, 6.07) is 13.8. The van der Waals surface area contributed by atoms with Crippen LogP contribution in [0.1, 0.15) is 35.9 Å². The maximum atomic E-state index is 13.0. The molecule has 3 rings (SSSR count). The fraction of sp³-hybridized carbons (Fsp3) is 0.360. The van der Waals surface area contributed by atoms with E-state index in [-0.39, 0.29) is 24.1 Å². The van der Waals surface area contributed by atoms with Gasteiger partial charge in [0.15, 0.2) is 5.16 Å². The minimum atomic E-state index is -0.203. The predicted octanol–water partition coefficient (Wildman–Crippen LogP) is 4.47. The lowest BCUT2D eigenvalue weighted by Gasteiger charge is -2.22. The van der Waals surface area contributed by atoms with Gasteiger partial charge in [-0.05, 0) is 62.9 Å². The SMILES string of the molecule is CCCN(CC(=O)Nc1ccccc1C)C(=O)CSc1nnc(C)n1-c1cc(C)ccc1C. The summed E-state index contributed by atoms with van der Waals surface area (Å²) >= 11 is 1.34. The Labute approximate surface area is 199 Å².